The molecule has 3 aromatic rings. The van der Waals surface area contributed by atoms with Crippen molar-refractivity contribution in [1.29, 1.82) is 0 Å². The van der Waals surface area contributed by atoms with Crippen LogP contribution in [0.4, 0.5) is 4.79 Å². The highest BCUT2D eigenvalue weighted by Crippen LogP contribution is 2.29. The topological polar surface area (TPSA) is 68.5 Å². The number of imidazole rings is 1. The summed E-state index contributed by atoms with van der Waals surface area (Å²) in [6.07, 6.45) is 3.07. The van der Waals surface area contributed by atoms with Gasteiger partial charge in [0, 0.05) is 23.5 Å². The highest BCUT2D eigenvalue weighted by atomic mass is 16.6. The molecule has 0 aliphatic rings. The molecule has 2 heterocycles. The van der Waals surface area contributed by atoms with Gasteiger partial charge >= 0.3 is 6.09 Å². The van der Waals surface area contributed by atoms with E-state index in [4.69, 9.17) is 9.84 Å². The molecule has 6 heteroatoms. The molecule has 1 aromatic carbocycles. The fraction of sp³-hybridized carbons (Fsp3) is 0.350. The van der Waals surface area contributed by atoms with Crippen LogP contribution in [0.2, 0.25) is 0 Å². The second-order valence-electron chi connectivity index (χ2n) is 7.36. The van der Waals surface area contributed by atoms with Crippen molar-refractivity contribution in [2.75, 3.05) is 0 Å². The van der Waals surface area contributed by atoms with E-state index < -0.39 is 11.7 Å². The summed E-state index contributed by atoms with van der Waals surface area (Å²) in [7, 11) is 0. The molecule has 0 spiro atoms. The third kappa shape index (κ3) is 3.85. The Bertz CT molecular complexity index is 940. The Balaban J connectivity index is 2.02. The fourth-order valence-corrected chi connectivity index (χ4v) is 2.81. The molecule has 1 atom stereocenters. The zero-order chi connectivity index (χ0) is 18.9. The van der Waals surface area contributed by atoms with Gasteiger partial charge in [0.15, 0.2) is 5.65 Å². The Labute approximate surface area is 153 Å². The maximum Gasteiger partial charge on any atom is 0.408 e. The molecule has 136 valence electrons. The molecular weight excluding hydrogens is 328 g/mol. The first-order valence-electron chi connectivity index (χ1n) is 8.64. The van der Waals surface area contributed by atoms with E-state index in [0.29, 0.717) is 0 Å². The Morgan fingerprint density at radius 3 is 2.69 bits per heavy atom. The number of hydrogen-bond donors (Lipinski definition) is 1. The van der Waals surface area contributed by atoms with Crippen LogP contribution in [-0.4, -0.2) is 26.3 Å². The number of nitrogens with one attached hydrogen (secondary N) is 1. The second kappa shape index (κ2) is 6.78. The Morgan fingerprint density at radius 2 is 2.00 bits per heavy atom. The summed E-state index contributed by atoms with van der Waals surface area (Å²) in [6, 6.07) is 9.73. The van der Waals surface area contributed by atoms with E-state index in [-0.39, 0.29) is 6.04 Å². The number of aryl methyl sites for hydroxylation is 1. The number of aromatic nitrogens is 3. The molecule has 1 amide bonds. The third-order valence-corrected chi connectivity index (χ3v) is 4.02. The van der Waals surface area contributed by atoms with Crippen molar-refractivity contribution in [3.63, 3.8) is 0 Å². The summed E-state index contributed by atoms with van der Waals surface area (Å²) in [5.41, 5.74) is 4.03. The van der Waals surface area contributed by atoms with Crippen molar-refractivity contribution in [1.82, 2.24) is 19.9 Å². The Kier molecular flexibility index (Phi) is 4.68. The van der Waals surface area contributed by atoms with Crippen LogP contribution in [0.15, 0.2) is 42.7 Å². The Morgan fingerprint density at radius 1 is 1.27 bits per heavy atom. The summed E-state index contributed by atoms with van der Waals surface area (Å²) in [5.74, 6) is 0. The van der Waals surface area contributed by atoms with Crippen molar-refractivity contribution in [3.05, 3.63) is 53.9 Å². The van der Waals surface area contributed by atoms with Gasteiger partial charge in [-0.05, 0) is 46.2 Å². The van der Waals surface area contributed by atoms with E-state index in [2.05, 4.69) is 10.3 Å². The van der Waals surface area contributed by atoms with Crippen LogP contribution in [0.3, 0.4) is 0 Å². The standard InChI is InChI=1S/C20H24N4O2/c1-13-8-6-7-9-15(13)18-16(12-17-21-10-11-24(17)23-18)14(2)22-19(25)26-20(3,4)5/h6-12,14H,1-5H3,(H,22,25)/t14-/m0/s1. The minimum atomic E-state index is -0.548. The molecule has 0 aliphatic heterocycles. The Hall–Kier alpha value is -2.89. The van der Waals surface area contributed by atoms with Crippen LogP contribution in [0.25, 0.3) is 16.9 Å². The first-order chi connectivity index (χ1) is 12.2. The average Bonchev–Trinajstić information content (AvgIpc) is 2.99. The molecule has 2 aromatic heterocycles. The minimum absolute atomic E-state index is 0.284. The van der Waals surface area contributed by atoms with E-state index in [0.717, 1.165) is 28.0 Å². The minimum Gasteiger partial charge on any atom is -0.444 e. The first-order valence-corrected chi connectivity index (χ1v) is 8.64. The number of benzene rings is 1. The lowest BCUT2D eigenvalue weighted by molar-refractivity contribution is 0.0508. The smallest absolute Gasteiger partial charge is 0.408 e. The van der Waals surface area contributed by atoms with E-state index in [1.165, 1.54) is 0 Å². The number of rotatable bonds is 3. The molecular formula is C20H24N4O2. The van der Waals surface area contributed by atoms with Crippen molar-refractivity contribution >= 4 is 11.7 Å². The average molecular weight is 352 g/mol. The SMILES string of the molecule is Cc1ccccc1-c1nn2ccnc2cc1[C@H](C)NC(=O)OC(C)(C)C. The van der Waals surface area contributed by atoms with E-state index in [9.17, 15) is 4.79 Å². The van der Waals surface area contributed by atoms with E-state index in [1.54, 1.807) is 10.7 Å². The zero-order valence-electron chi connectivity index (χ0n) is 15.8. The summed E-state index contributed by atoms with van der Waals surface area (Å²) in [5, 5.41) is 7.63. The molecule has 1 N–H and O–H groups in total. The number of fused-ring (bicyclic) bond motifs is 1. The normalized spacial score (nSPS) is 12.8. The van der Waals surface area contributed by atoms with Crippen LogP contribution in [-0.2, 0) is 4.74 Å². The zero-order valence-corrected chi connectivity index (χ0v) is 15.8. The largest absolute Gasteiger partial charge is 0.444 e. The second-order valence-corrected chi connectivity index (χ2v) is 7.36. The van der Waals surface area contributed by atoms with Crippen molar-refractivity contribution < 1.29 is 9.53 Å². The summed E-state index contributed by atoms with van der Waals surface area (Å²) in [6.45, 7) is 9.49. The number of hydrogen-bond acceptors (Lipinski definition) is 4. The molecule has 0 saturated carbocycles. The lowest BCUT2D eigenvalue weighted by atomic mass is 9.98. The van der Waals surface area contributed by atoms with E-state index in [1.807, 2.05) is 71.1 Å². The maximum atomic E-state index is 12.2. The first kappa shape index (κ1) is 17.9. The van der Waals surface area contributed by atoms with Gasteiger partial charge in [0.1, 0.15) is 5.60 Å². The van der Waals surface area contributed by atoms with Gasteiger partial charge in [0.25, 0.3) is 0 Å². The highest BCUT2D eigenvalue weighted by molar-refractivity contribution is 5.72. The number of alkyl carbamates (subject to hydrolysis) is 1. The van der Waals surface area contributed by atoms with Gasteiger partial charge in [-0.15, -0.1) is 0 Å². The fourth-order valence-electron chi connectivity index (χ4n) is 2.81. The van der Waals surface area contributed by atoms with Gasteiger partial charge < -0.3 is 10.1 Å². The van der Waals surface area contributed by atoms with Crippen LogP contribution in [0.5, 0.6) is 0 Å². The van der Waals surface area contributed by atoms with Crippen LogP contribution in [0, 0.1) is 6.92 Å². The van der Waals surface area contributed by atoms with Crippen molar-refractivity contribution in [2.45, 2.75) is 46.3 Å². The van der Waals surface area contributed by atoms with E-state index >= 15 is 0 Å². The molecule has 0 saturated heterocycles. The molecule has 0 radical (unpaired) electrons. The number of nitrogens with zero attached hydrogens (tertiary/aromatic N) is 3. The molecule has 6 nitrogen and oxygen atoms in total. The van der Waals surface area contributed by atoms with Gasteiger partial charge in [-0.2, -0.15) is 5.10 Å². The van der Waals surface area contributed by atoms with Crippen LogP contribution < -0.4 is 5.32 Å². The van der Waals surface area contributed by atoms with Gasteiger partial charge in [0.05, 0.1) is 11.7 Å². The summed E-state index contributed by atoms with van der Waals surface area (Å²) >= 11 is 0. The summed E-state index contributed by atoms with van der Waals surface area (Å²) < 4.78 is 7.12. The quantitative estimate of drug-likeness (QED) is 0.763. The number of carbonyl (C=O) groups is 1. The van der Waals surface area contributed by atoms with Crippen LogP contribution in [0.1, 0.15) is 44.9 Å². The monoisotopic (exact) mass is 352 g/mol. The summed E-state index contributed by atoms with van der Waals surface area (Å²) in [4.78, 5) is 16.5. The lowest BCUT2D eigenvalue weighted by Gasteiger charge is -2.23. The molecule has 0 aliphatic carbocycles. The molecule has 0 bridgehead atoms. The number of carbonyl (C=O) groups excluding carboxylic acids is 1. The molecule has 0 unspecified atom stereocenters. The number of ether oxygens (including phenoxy) is 1. The number of amides is 1. The van der Waals surface area contributed by atoms with Gasteiger partial charge in [-0.1, -0.05) is 24.3 Å². The van der Waals surface area contributed by atoms with Crippen molar-refractivity contribution in [3.8, 4) is 11.3 Å². The third-order valence-electron chi connectivity index (χ3n) is 4.02. The van der Waals surface area contributed by atoms with Gasteiger partial charge in [-0.3, -0.25) is 0 Å². The maximum absolute atomic E-state index is 12.2. The predicted octanol–water partition coefficient (Wildman–Crippen LogP) is 4.29. The van der Waals surface area contributed by atoms with Crippen molar-refractivity contribution in [2.24, 2.45) is 0 Å². The molecule has 26 heavy (non-hydrogen) atoms. The highest BCUT2D eigenvalue weighted by Gasteiger charge is 2.22. The van der Waals surface area contributed by atoms with Gasteiger partial charge in [-0.25, -0.2) is 14.3 Å². The van der Waals surface area contributed by atoms with Gasteiger partial charge in [0.2, 0.25) is 0 Å². The lowest BCUT2D eigenvalue weighted by Crippen LogP contribution is -2.34. The molecule has 3 rings (SSSR count). The predicted molar refractivity (Wildman–Crippen MR) is 101 cm³/mol. The molecule has 0 fully saturated rings. The van der Waals surface area contributed by atoms with Crippen LogP contribution >= 0.6 is 0 Å².